The Morgan fingerprint density at radius 2 is 1.96 bits per heavy atom. The van der Waals surface area contributed by atoms with E-state index in [0.717, 1.165) is 43.1 Å². The first-order valence-electron chi connectivity index (χ1n) is 8.62. The van der Waals surface area contributed by atoms with Crippen molar-refractivity contribution in [2.24, 2.45) is 4.99 Å². The van der Waals surface area contributed by atoms with Crippen LogP contribution < -0.4 is 15.5 Å². The smallest absolute Gasteiger partial charge is 0.226 e. The number of guanidine groups is 1. The summed E-state index contributed by atoms with van der Waals surface area (Å²) < 4.78 is 0. The van der Waals surface area contributed by atoms with Gasteiger partial charge in [-0.2, -0.15) is 0 Å². The molecule has 2 N–H and O–H groups in total. The minimum Gasteiger partial charge on any atom is -0.352 e. The normalized spacial score (nSPS) is 15.3. The van der Waals surface area contributed by atoms with E-state index in [1.807, 2.05) is 23.1 Å². The quantitative estimate of drug-likeness (QED) is 0.639. The van der Waals surface area contributed by atoms with Crippen LogP contribution in [0, 0.1) is 0 Å². The van der Waals surface area contributed by atoms with Gasteiger partial charge in [0.25, 0.3) is 0 Å². The molecule has 1 aromatic carbocycles. The Morgan fingerprint density at radius 3 is 2.64 bits per heavy atom. The molecule has 1 amide bonds. The maximum Gasteiger partial charge on any atom is 0.226 e. The zero-order valence-electron chi connectivity index (χ0n) is 14.5. The number of piperidine rings is 1. The maximum absolute atomic E-state index is 12.0. The van der Waals surface area contributed by atoms with Gasteiger partial charge in [-0.1, -0.05) is 18.2 Å². The maximum atomic E-state index is 12.0. The molecule has 1 aromatic heterocycles. The van der Waals surface area contributed by atoms with Gasteiger partial charge in [-0.3, -0.25) is 9.79 Å². The average Bonchev–Trinajstić information content (AvgIpc) is 3.16. The number of hydrogen-bond acceptors (Lipinski definition) is 3. The van der Waals surface area contributed by atoms with Crippen molar-refractivity contribution in [3.63, 3.8) is 0 Å². The van der Waals surface area contributed by atoms with Crippen LogP contribution in [0.1, 0.15) is 29.7 Å². The van der Waals surface area contributed by atoms with Crippen LogP contribution in [0.2, 0.25) is 0 Å². The number of thiophene rings is 1. The monoisotopic (exact) mass is 356 g/mol. The summed E-state index contributed by atoms with van der Waals surface area (Å²) in [5, 5.41) is 8.70. The van der Waals surface area contributed by atoms with Gasteiger partial charge in [0.2, 0.25) is 5.91 Å². The number of nitrogens with one attached hydrogen (secondary N) is 2. The van der Waals surface area contributed by atoms with Crippen molar-refractivity contribution in [2.75, 3.05) is 18.5 Å². The fourth-order valence-electron chi connectivity index (χ4n) is 2.86. The van der Waals surface area contributed by atoms with Gasteiger partial charge in [0.15, 0.2) is 5.96 Å². The molecular weight excluding hydrogens is 332 g/mol. The molecule has 3 rings (SSSR count). The molecule has 2 aromatic rings. The molecule has 0 saturated carbocycles. The molecule has 1 fully saturated rings. The largest absolute Gasteiger partial charge is 0.352 e. The van der Waals surface area contributed by atoms with Crippen LogP contribution in [0.15, 0.2) is 46.8 Å². The third-order valence-corrected chi connectivity index (χ3v) is 5.14. The molecule has 6 heteroatoms. The SMILES string of the molecule is CN=C(NCc1ccc(N2CCCCC2=O)cc1)NCc1cccs1. The van der Waals surface area contributed by atoms with Crippen LogP contribution in [0.3, 0.4) is 0 Å². The van der Waals surface area contributed by atoms with E-state index in [0.29, 0.717) is 13.0 Å². The summed E-state index contributed by atoms with van der Waals surface area (Å²) in [6, 6.07) is 12.3. The Kier molecular flexibility index (Phi) is 6.06. The fraction of sp³-hybridized carbons (Fsp3) is 0.368. The minimum atomic E-state index is 0.232. The second-order valence-electron chi connectivity index (χ2n) is 6.03. The highest BCUT2D eigenvalue weighted by Crippen LogP contribution is 2.21. The van der Waals surface area contributed by atoms with Crippen molar-refractivity contribution in [2.45, 2.75) is 32.4 Å². The average molecular weight is 356 g/mol. The lowest BCUT2D eigenvalue weighted by Crippen LogP contribution is -2.36. The van der Waals surface area contributed by atoms with Crippen molar-refractivity contribution in [1.82, 2.24) is 10.6 Å². The molecule has 0 aliphatic carbocycles. The van der Waals surface area contributed by atoms with Crippen molar-refractivity contribution in [3.8, 4) is 0 Å². The first-order chi connectivity index (χ1) is 12.3. The number of carbonyl (C=O) groups is 1. The van der Waals surface area contributed by atoms with E-state index in [-0.39, 0.29) is 5.91 Å². The Hall–Kier alpha value is -2.34. The lowest BCUT2D eigenvalue weighted by Gasteiger charge is -2.26. The Balaban J connectivity index is 1.51. The molecule has 5 nitrogen and oxygen atoms in total. The summed E-state index contributed by atoms with van der Waals surface area (Å²) in [4.78, 5) is 19.4. The summed E-state index contributed by atoms with van der Waals surface area (Å²) in [5.74, 6) is 1.01. The molecule has 1 saturated heterocycles. The number of carbonyl (C=O) groups excluding carboxylic acids is 1. The summed E-state index contributed by atoms with van der Waals surface area (Å²) in [6.45, 7) is 2.29. The summed E-state index contributed by atoms with van der Waals surface area (Å²) in [6.07, 6.45) is 2.76. The fourth-order valence-corrected chi connectivity index (χ4v) is 3.51. The Morgan fingerprint density at radius 1 is 1.16 bits per heavy atom. The molecule has 132 valence electrons. The van der Waals surface area contributed by atoms with Crippen LogP contribution in [0.4, 0.5) is 5.69 Å². The number of aliphatic imine (C=N–C) groups is 1. The van der Waals surface area contributed by atoms with E-state index in [1.54, 1.807) is 18.4 Å². The van der Waals surface area contributed by atoms with Gasteiger partial charge in [-0.15, -0.1) is 11.3 Å². The summed E-state index contributed by atoms with van der Waals surface area (Å²) in [5.41, 5.74) is 2.15. The number of hydrogen-bond donors (Lipinski definition) is 2. The van der Waals surface area contributed by atoms with Gasteiger partial charge in [0.1, 0.15) is 0 Å². The van der Waals surface area contributed by atoms with Crippen molar-refractivity contribution in [3.05, 3.63) is 52.2 Å². The Bertz CT molecular complexity index is 710. The lowest BCUT2D eigenvalue weighted by atomic mass is 10.1. The van der Waals surface area contributed by atoms with E-state index >= 15 is 0 Å². The molecule has 1 aliphatic rings. The second-order valence-corrected chi connectivity index (χ2v) is 7.06. The standard InChI is InChI=1S/C19H24N4OS/c1-20-19(22-14-17-5-4-12-25-17)21-13-15-7-9-16(10-8-15)23-11-3-2-6-18(23)24/h4-5,7-10,12H,2-3,6,11,13-14H2,1H3,(H2,20,21,22). The van der Waals surface area contributed by atoms with E-state index in [2.05, 4.69) is 39.2 Å². The van der Waals surface area contributed by atoms with Crippen LogP contribution in [-0.4, -0.2) is 25.5 Å². The molecule has 0 unspecified atom stereocenters. The zero-order valence-corrected chi connectivity index (χ0v) is 15.3. The van der Waals surface area contributed by atoms with E-state index < -0.39 is 0 Å². The highest BCUT2D eigenvalue weighted by atomic mass is 32.1. The number of rotatable bonds is 5. The molecule has 0 atom stereocenters. The van der Waals surface area contributed by atoms with E-state index in [4.69, 9.17) is 0 Å². The molecule has 0 bridgehead atoms. The van der Waals surface area contributed by atoms with Crippen LogP contribution in [0.25, 0.3) is 0 Å². The zero-order chi connectivity index (χ0) is 17.5. The number of benzene rings is 1. The third kappa shape index (κ3) is 4.82. The van der Waals surface area contributed by atoms with Crippen LogP contribution in [0.5, 0.6) is 0 Å². The molecule has 25 heavy (non-hydrogen) atoms. The van der Waals surface area contributed by atoms with Gasteiger partial charge in [0.05, 0.1) is 6.54 Å². The van der Waals surface area contributed by atoms with E-state index in [1.165, 1.54) is 4.88 Å². The topological polar surface area (TPSA) is 56.7 Å². The van der Waals surface area contributed by atoms with Gasteiger partial charge >= 0.3 is 0 Å². The first kappa shape index (κ1) is 17.5. The molecule has 0 radical (unpaired) electrons. The predicted molar refractivity (Wildman–Crippen MR) is 104 cm³/mol. The highest BCUT2D eigenvalue weighted by molar-refractivity contribution is 7.09. The van der Waals surface area contributed by atoms with Gasteiger partial charge in [-0.25, -0.2) is 0 Å². The van der Waals surface area contributed by atoms with Crippen LogP contribution >= 0.6 is 11.3 Å². The summed E-state index contributed by atoms with van der Waals surface area (Å²) >= 11 is 1.73. The van der Waals surface area contributed by atoms with E-state index in [9.17, 15) is 4.79 Å². The number of nitrogens with zero attached hydrogens (tertiary/aromatic N) is 2. The second kappa shape index (κ2) is 8.67. The molecular formula is C19H24N4OS. The van der Waals surface area contributed by atoms with Gasteiger partial charge in [-0.05, 0) is 42.0 Å². The van der Waals surface area contributed by atoms with Crippen molar-refractivity contribution in [1.29, 1.82) is 0 Å². The lowest BCUT2D eigenvalue weighted by molar-refractivity contribution is -0.119. The van der Waals surface area contributed by atoms with Crippen molar-refractivity contribution >= 4 is 28.9 Å². The van der Waals surface area contributed by atoms with Gasteiger partial charge < -0.3 is 15.5 Å². The number of anilines is 1. The molecule has 0 spiro atoms. The third-order valence-electron chi connectivity index (χ3n) is 4.27. The molecule has 1 aliphatic heterocycles. The number of amides is 1. The first-order valence-corrected chi connectivity index (χ1v) is 9.50. The summed E-state index contributed by atoms with van der Waals surface area (Å²) in [7, 11) is 1.77. The predicted octanol–water partition coefficient (Wildman–Crippen LogP) is 3.13. The van der Waals surface area contributed by atoms with Crippen LogP contribution in [-0.2, 0) is 17.9 Å². The van der Waals surface area contributed by atoms with Crippen molar-refractivity contribution < 1.29 is 4.79 Å². The highest BCUT2D eigenvalue weighted by Gasteiger charge is 2.19. The Labute approximate surface area is 152 Å². The molecule has 2 heterocycles. The van der Waals surface area contributed by atoms with Gasteiger partial charge in [0, 0.05) is 37.1 Å². The minimum absolute atomic E-state index is 0.232.